The number of nitrogens with one attached hydrogen (secondary N) is 2. The Labute approximate surface area is 153 Å². The van der Waals surface area contributed by atoms with Gasteiger partial charge in [-0.1, -0.05) is 30.5 Å². The molecule has 6 heteroatoms. The fourth-order valence-corrected chi connectivity index (χ4v) is 3.65. The van der Waals surface area contributed by atoms with Gasteiger partial charge in [-0.2, -0.15) is 0 Å². The molecule has 25 heavy (non-hydrogen) atoms. The quantitative estimate of drug-likeness (QED) is 0.846. The van der Waals surface area contributed by atoms with E-state index in [1.807, 2.05) is 19.9 Å². The summed E-state index contributed by atoms with van der Waals surface area (Å²) >= 11 is 6.36. The van der Waals surface area contributed by atoms with E-state index in [1.54, 1.807) is 13.0 Å². The fraction of sp³-hybridized carbons (Fsp3) is 0.421. The Balaban J connectivity index is 1.83. The van der Waals surface area contributed by atoms with Crippen LogP contribution in [0.4, 0.5) is 11.5 Å². The maximum absolute atomic E-state index is 12.5. The number of carbonyl (C=O) groups is 1. The molecule has 0 bridgehead atoms. The zero-order valence-electron chi connectivity index (χ0n) is 14.8. The number of aromatic nitrogens is 2. The molecule has 0 atom stereocenters. The van der Waals surface area contributed by atoms with Crippen molar-refractivity contribution >= 4 is 29.0 Å². The Morgan fingerprint density at radius 3 is 2.52 bits per heavy atom. The van der Waals surface area contributed by atoms with E-state index in [4.69, 9.17) is 11.6 Å². The number of aryl methyl sites for hydroxylation is 3. The minimum atomic E-state index is -0.146. The third kappa shape index (κ3) is 4.28. The minimum Gasteiger partial charge on any atom is -0.348 e. The first-order chi connectivity index (χ1) is 11.9. The zero-order chi connectivity index (χ0) is 18.0. The van der Waals surface area contributed by atoms with Gasteiger partial charge in [0, 0.05) is 12.1 Å². The molecular formula is C19H23ClN4O. The van der Waals surface area contributed by atoms with Crippen molar-refractivity contribution in [3.63, 3.8) is 0 Å². The summed E-state index contributed by atoms with van der Waals surface area (Å²) in [6.07, 6.45) is 4.43. The average molecular weight is 359 g/mol. The molecule has 0 aliphatic heterocycles. The lowest BCUT2D eigenvalue weighted by molar-refractivity contribution is 0.0932. The van der Waals surface area contributed by atoms with Crippen LogP contribution in [0.25, 0.3) is 0 Å². The number of nitrogens with zero attached hydrogens (tertiary/aromatic N) is 2. The maximum atomic E-state index is 12.5. The van der Waals surface area contributed by atoms with E-state index >= 15 is 0 Å². The standard InChI is InChI=1S/C19H23ClN4O/c1-11-8-12(2)18(15(20)9-11)24-17-10-16(21-13(3)22-17)19(25)23-14-6-4-5-7-14/h8-10,14H,4-7H2,1-3H3,(H,23,25)(H,21,22,24). The molecule has 0 saturated heterocycles. The second kappa shape index (κ2) is 7.40. The molecular weight excluding hydrogens is 336 g/mol. The number of hydrogen-bond acceptors (Lipinski definition) is 4. The van der Waals surface area contributed by atoms with E-state index in [9.17, 15) is 4.79 Å². The monoisotopic (exact) mass is 358 g/mol. The summed E-state index contributed by atoms with van der Waals surface area (Å²) in [5.41, 5.74) is 3.30. The lowest BCUT2D eigenvalue weighted by Gasteiger charge is -2.14. The van der Waals surface area contributed by atoms with Crippen molar-refractivity contribution in [1.29, 1.82) is 0 Å². The van der Waals surface area contributed by atoms with Crippen LogP contribution in [0, 0.1) is 20.8 Å². The number of hydrogen-bond donors (Lipinski definition) is 2. The summed E-state index contributed by atoms with van der Waals surface area (Å²) in [6, 6.07) is 5.88. The second-order valence-electron chi connectivity index (χ2n) is 6.70. The molecule has 1 aromatic carbocycles. The SMILES string of the molecule is Cc1cc(C)c(Nc2cc(C(=O)NC3CCCC3)nc(C)n2)c(Cl)c1. The lowest BCUT2D eigenvalue weighted by Crippen LogP contribution is -2.33. The van der Waals surface area contributed by atoms with Gasteiger partial charge < -0.3 is 10.6 Å². The Kier molecular flexibility index (Phi) is 5.23. The molecule has 2 aromatic rings. The number of amides is 1. The van der Waals surface area contributed by atoms with Gasteiger partial charge in [-0.25, -0.2) is 9.97 Å². The van der Waals surface area contributed by atoms with Crippen molar-refractivity contribution in [3.8, 4) is 0 Å². The largest absolute Gasteiger partial charge is 0.348 e. The van der Waals surface area contributed by atoms with Crippen molar-refractivity contribution in [2.45, 2.75) is 52.5 Å². The molecule has 1 aliphatic carbocycles. The van der Waals surface area contributed by atoms with E-state index in [0.717, 1.165) is 29.7 Å². The molecule has 2 N–H and O–H groups in total. The molecule has 5 nitrogen and oxygen atoms in total. The summed E-state index contributed by atoms with van der Waals surface area (Å²) in [6.45, 7) is 5.77. The Morgan fingerprint density at radius 2 is 1.84 bits per heavy atom. The van der Waals surface area contributed by atoms with Crippen LogP contribution in [0.5, 0.6) is 0 Å². The third-order valence-electron chi connectivity index (χ3n) is 4.45. The highest BCUT2D eigenvalue weighted by Crippen LogP contribution is 2.30. The van der Waals surface area contributed by atoms with Gasteiger partial charge in [0.2, 0.25) is 0 Å². The minimum absolute atomic E-state index is 0.146. The summed E-state index contributed by atoms with van der Waals surface area (Å²) in [4.78, 5) is 21.1. The zero-order valence-corrected chi connectivity index (χ0v) is 15.6. The van der Waals surface area contributed by atoms with E-state index in [2.05, 4.69) is 26.7 Å². The van der Waals surface area contributed by atoms with Crippen LogP contribution in [-0.4, -0.2) is 21.9 Å². The van der Waals surface area contributed by atoms with E-state index in [0.29, 0.717) is 22.4 Å². The molecule has 1 amide bonds. The Bertz CT molecular complexity index is 777. The van der Waals surface area contributed by atoms with Crippen LogP contribution >= 0.6 is 11.6 Å². The van der Waals surface area contributed by atoms with Crippen molar-refractivity contribution < 1.29 is 4.79 Å². The molecule has 1 heterocycles. The number of carbonyl (C=O) groups excluding carboxylic acids is 1. The third-order valence-corrected chi connectivity index (χ3v) is 4.74. The second-order valence-corrected chi connectivity index (χ2v) is 7.11. The number of anilines is 2. The normalized spacial score (nSPS) is 14.6. The van der Waals surface area contributed by atoms with E-state index < -0.39 is 0 Å². The van der Waals surface area contributed by atoms with E-state index in [-0.39, 0.29) is 11.9 Å². The average Bonchev–Trinajstić information content (AvgIpc) is 3.03. The topological polar surface area (TPSA) is 66.9 Å². The number of halogens is 1. The van der Waals surface area contributed by atoms with Crippen LogP contribution in [-0.2, 0) is 0 Å². The lowest BCUT2D eigenvalue weighted by atomic mass is 10.1. The van der Waals surface area contributed by atoms with Crippen LogP contribution in [0.15, 0.2) is 18.2 Å². The van der Waals surface area contributed by atoms with Gasteiger partial charge in [-0.15, -0.1) is 0 Å². The number of rotatable bonds is 4. The first-order valence-electron chi connectivity index (χ1n) is 8.62. The molecule has 3 rings (SSSR count). The van der Waals surface area contributed by atoms with E-state index in [1.165, 1.54) is 12.8 Å². The summed E-state index contributed by atoms with van der Waals surface area (Å²) in [5.74, 6) is 0.965. The van der Waals surface area contributed by atoms with Crippen molar-refractivity contribution in [2.75, 3.05) is 5.32 Å². The predicted molar refractivity (Wildman–Crippen MR) is 101 cm³/mol. The molecule has 132 valence electrons. The highest BCUT2D eigenvalue weighted by molar-refractivity contribution is 6.33. The first kappa shape index (κ1) is 17.7. The molecule has 0 unspecified atom stereocenters. The van der Waals surface area contributed by atoms with Crippen LogP contribution in [0.1, 0.15) is 53.1 Å². The van der Waals surface area contributed by atoms with Crippen molar-refractivity contribution in [2.24, 2.45) is 0 Å². The molecule has 1 aliphatic rings. The predicted octanol–water partition coefficient (Wildman–Crippen LogP) is 4.47. The van der Waals surface area contributed by atoms with Crippen LogP contribution in [0.3, 0.4) is 0 Å². The maximum Gasteiger partial charge on any atom is 0.270 e. The summed E-state index contributed by atoms with van der Waals surface area (Å²) < 4.78 is 0. The molecule has 0 radical (unpaired) electrons. The van der Waals surface area contributed by atoms with Gasteiger partial charge in [0.1, 0.15) is 17.3 Å². The van der Waals surface area contributed by atoms with Crippen molar-refractivity contribution in [3.05, 3.63) is 45.9 Å². The first-order valence-corrected chi connectivity index (χ1v) is 9.00. The Morgan fingerprint density at radius 1 is 1.12 bits per heavy atom. The van der Waals surface area contributed by atoms with Crippen LogP contribution in [0.2, 0.25) is 5.02 Å². The Hall–Kier alpha value is -2.14. The van der Waals surface area contributed by atoms with Gasteiger partial charge in [0.05, 0.1) is 10.7 Å². The highest BCUT2D eigenvalue weighted by Gasteiger charge is 2.19. The van der Waals surface area contributed by atoms with Gasteiger partial charge in [0.15, 0.2) is 0 Å². The van der Waals surface area contributed by atoms with Crippen molar-refractivity contribution in [1.82, 2.24) is 15.3 Å². The molecule has 1 fully saturated rings. The molecule has 1 aromatic heterocycles. The highest BCUT2D eigenvalue weighted by atomic mass is 35.5. The molecule has 0 spiro atoms. The molecule has 1 saturated carbocycles. The van der Waals surface area contributed by atoms with Crippen LogP contribution < -0.4 is 10.6 Å². The number of benzene rings is 1. The smallest absolute Gasteiger partial charge is 0.270 e. The summed E-state index contributed by atoms with van der Waals surface area (Å²) in [5, 5.41) is 6.93. The summed E-state index contributed by atoms with van der Waals surface area (Å²) in [7, 11) is 0. The van der Waals surface area contributed by atoms with Gasteiger partial charge in [-0.05, 0) is 50.8 Å². The van der Waals surface area contributed by atoms with Gasteiger partial charge in [-0.3, -0.25) is 4.79 Å². The fourth-order valence-electron chi connectivity index (χ4n) is 3.28. The van der Waals surface area contributed by atoms with Gasteiger partial charge >= 0.3 is 0 Å². The van der Waals surface area contributed by atoms with Gasteiger partial charge in [0.25, 0.3) is 5.91 Å².